The van der Waals surface area contributed by atoms with Gasteiger partial charge in [0, 0.05) is 18.9 Å². The van der Waals surface area contributed by atoms with Crippen molar-refractivity contribution in [3.05, 3.63) is 0 Å². The molecule has 108 valence electrons. The number of carbonyl (C=O) groups is 4. The summed E-state index contributed by atoms with van der Waals surface area (Å²) in [5.41, 5.74) is 0. The molecule has 0 aromatic heterocycles. The summed E-state index contributed by atoms with van der Waals surface area (Å²) in [4.78, 5) is 45.8. The molecule has 0 fully saturated rings. The Morgan fingerprint density at radius 1 is 1.32 bits per heavy atom. The second kappa shape index (κ2) is 8.23. The maximum Gasteiger partial charge on any atom is 0.329 e. The maximum absolute atomic E-state index is 12.0. The van der Waals surface area contributed by atoms with Gasteiger partial charge in [-0.2, -0.15) is 0 Å². The fourth-order valence-electron chi connectivity index (χ4n) is 1.73. The van der Waals surface area contributed by atoms with Crippen LogP contribution in [0.2, 0.25) is 0 Å². The lowest BCUT2D eigenvalue weighted by molar-refractivity contribution is -0.158. The second-order valence-electron chi connectivity index (χ2n) is 4.24. The van der Waals surface area contributed by atoms with Crippen LogP contribution >= 0.6 is 0 Å². The monoisotopic (exact) mass is 273 g/mol. The van der Waals surface area contributed by atoms with Gasteiger partial charge in [0.2, 0.25) is 5.91 Å². The Morgan fingerprint density at radius 3 is 2.26 bits per heavy atom. The van der Waals surface area contributed by atoms with Gasteiger partial charge in [0.1, 0.15) is 12.3 Å². The Bertz CT molecular complexity index is 352. The maximum atomic E-state index is 12.0. The number of methoxy groups -OCH3 is 1. The van der Waals surface area contributed by atoms with Gasteiger partial charge >= 0.3 is 11.9 Å². The summed E-state index contributed by atoms with van der Waals surface area (Å²) in [5.74, 6) is -2.43. The summed E-state index contributed by atoms with van der Waals surface area (Å²) >= 11 is 0. The summed E-state index contributed by atoms with van der Waals surface area (Å²) in [6, 6.07) is -1.55. The van der Waals surface area contributed by atoms with Crippen LogP contribution in [0.15, 0.2) is 0 Å². The van der Waals surface area contributed by atoms with Crippen molar-refractivity contribution in [2.24, 2.45) is 0 Å². The number of carbonyl (C=O) groups excluding carboxylic acids is 3. The van der Waals surface area contributed by atoms with Gasteiger partial charge in [-0.25, -0.2) is 4.79 Å². The van der Waals surface area contributed by atoms with Crippen molar-refractivity contribution in [2.75, 3.05) is 7.11 Å². The van der Waals surface area contributed by atoms with Gasteiger partial charge in [-0.3, -0.25) is 9.59 Å². The zero-order valence-electron chi connectivity index (χ0n) is 11.3. The number of carboxylic acids is 1. The van der Waals surface area contributed by atoms with Gasteiger partial charge in [0.25, 0.3) is 0 Å². The standard InChI is InChI=1S/C12H19NO6/c1-8(2)13(10(15)5-4-6-14)9(7-11(16)17)12(18)19-3/h6,8-9H,4-5,7H2,1-3H3,(H,16,17). The molecule has 0 radical (unpaired) electrons. The molecule has 0 rings (SSSR count). The first kappa shape index (κ1) is 17.1. The van der Waals surface area contributed by atoms with Crippen molar-refractivity contribution in [1.82, 2.24) is 4.90 Å². The molecule has 0 saturated heterocycles. The molecule has 0 bridgehead atoms. The predicted molar refractivity (Wildman–Crippen MR) is 65.3 cm³/mol. The molecule has 1 unspecified atom stereocenters. The van der Waals surface area contributed by atoms with Gasteiger partial charge in [-0.05, 0) is 13.8 Å². The number of esters is 1. The molecule has 19 heavy (non-hydrogen) atoms. The summed E-state index contributed by atoms with van der Waals surface area (Å²) in [6.45, 7) is 3.33. The topological polar surface area (TPSA) is 101 Å². The molecule has 0 aliphatic heterocycles. The summed E-state index contributed by atoms with van der Waals surface area (Å²) in [6.07, 6.45) is 0.0379. The van der Waals surface area contributed by atoms with Gasteiger partial charge in [-0.1, -0.05) is 0 Å². The lowest BCUT2D eigenvalue weighted by Crippen LogP contribution is -2.50. The van der Waals surface area contributed by atoms with Crippen molar-refractivity contribution in [3.8, 4) is 0 Å². The van der Waals surface area contributed by atoms with Crippen LogP contribution in [0.5, 0.6) is 0 Å². The van der Waals surface area contributed by atoms with Gasteiger partial charge in [-0.15, -0.1) is 0 Å². The minimum absolute atomic E-state index is 0.0308. The smallest absolute Gasteiger partial charge is 0.329 e. The summed E-state index contributed by atoms with van der Waals surface area (Å²) in [7, 11) is 1.13. The number of ether oxygens (including phenoxy) is 1. The van der Waals surface area contributed by atoms with Crippen molar-refractivity contribution in [2.45, 2.75) is 45.2 Å². The Hall–Kier alpha value is -1.92. The third kappa shape index (κ3) is 5.50. The van der Waals surface area contributed by atoms with E-state index >= 15 is 0 Å². The third-order valence-electron chi connectivity index (χ3n) is 2.50. The van der Waals surface area contributed by atoms with Crippen LogP contribution in [-0.2, 0) is 23.9 Å². The Labute approximate surface area is 111 Å². The predicted octanol–water partition coefficient (Wildman–Crippen LogP) is 0.219. The number of aldehydes is 1. The molecule has 1 amide bonds. The van der Waals surface area contributed by atoms with E-state index in [2.05, 4.69) is 4.74 Å². The average molecular weight is 273 g/mol. The lowest BCUT2D eigenvalue weighted by atomic mass is 10.1. The van der Waals surface area contributed by atoms with Crippen LogP contribution in [0, 0.1) is 0 Å². The summed E-state index contributed by atoms with van der Waals surface area (Å²) < 4.78 is 4.53. The van der Waals surface area contributed by atoms with E-state index in [1.807, 2.05) is 0 Å². The van der Waals surface area contributed by atoms with E-state index in [9.17, 15) is 19.2 Å². The van der Waals surface area contributed by atoms with Crippen molar-refractivity contribution in [3.63, 3.8) is 0 Å². The second-order valence-corrected chi connectivity index (χ2v) is 4.24. The lowest BCUT2D eigenvalue weighted by Gasteiger charge is -2.32. The van der Waals surface area contributed by atoms with Crippen LogP contribution in [0.4, 0.5) is 0 Å². The zero-order chi connectivity index (χ0) is 15.0. The molecule has 0 aromatic rings. The first-order chi connectivity index (χ1) is 8.84. The molecule has 0 spiro atoms. The molecule has 0 aromatic carbocycles. The SMILES string of the molecule is COC(=O)C(CC(=O)O)N(C(=O)CCC=O)C(C)C. The van der Waals surface area contributed by atoms with Crippen LogP contribution in [0.25, 0.3) is 0 Å². The van der Waals surface area contributed by atoms with E-state index < -0.39 is 30.3 Å². The van der Waals surface area contributed by atoms with E-state index in [4.69, 9.17) is 5.11 Å². The van der Waals surface area contributed by atoms with Crippen LogP contribution < -0.4 is 0 Å². The van der Waals surface area contributed by atoms with E-state index in [1.54, 1.807) is 13.8 Å². The first-order valence-corrected chi connectivity index (χ1v) is 5.89. The molecule has 0 aliphatic rings. The van der Waals surface area contributed by atoms with Gasteiger partial charge < -0.3 is 19.5 Å². The zero-order valence-corrected chi connectivity index (χ0v) is 11.3. The fraction of sp³-hybridized carbons (Fsp3) is 0.667. The number of carboxylic acid groups (broad SMARTS) is 1. The molecule has 1 atom stereocenters. The molecular formula is C12H19NO6. The highest BCUT2D eigenvalue weighted by Crippen LogP contribution is 2.14. The normalized spacial score (nSPS) is 11.8. The highest BCUT2D eigenvalue weighted by Gasteiger charge is 2.33. The number of rotatable bonds is 8. The number of hydrogen-bond donors (Lipinski definition) is 1. The largest absolute Gasteiger partial charge is 0.481 e. The fourth-order valence-corrected chi connectivity index (χ4v) is 1.73. The highest BCUT2D eigenvalue weighted by molar-refractivity contribution is 5.88. The molecular weight excluding hydrogens is 254 g/mol. The molecule has 0 heterocycles. The minimum Gasteiger partial charge on any atom is -0.481 e. The molecule has 7 nitrogen and oxygen atoms in total. The minimum atomic E-state index is -1.20. The Morgan fingerprint density at radius 2 is 1.89 bits per heavy atom. The van der Waals surface area contributed by atoms with Crippen LogP contribution in [-0.4, -0.2) is 53.3 Å². The quantitative estimate of drug-likeness (QED) is 0.501. The third-order valence-corrected chi connectivity index (χ3v) is 2.50. The van der Waals surface area contributed by atoms with Crippen molar-refractivity contribution >= 4 is 24.1 Å². The summed E-state index contributed by atoms with van der Waals surface area (Å²) in [5, 5.41) is 8.81. The first-order valence-electron chi connectivity index (χ1n) is 5.89. The average Bonchev–Trinajstić information content (AvgIpc) is 2.33. The number of hydrogen-bond acceptors (Lipinski definition) is 5. The molecule has 1 N–H and O–H groups in total. The Kier molecular flexibility index (Phi) is 7.40. The number of amides is 1. The molecule has 7 heteroatoms. The highest BCUT2D eigenvalue weighted by atomic mass is 16.5. The number of aliphatic carboxylic acids is 1. The van der Waals surface area contributed by atoms with E-state index in [-0.39, 0.29) is 18.9 Å². The van der Waals surface area contributed by atoms with Crippen molar-refractivity contribution < 1.29 is 29.0 Å². The van der Waals surface area contributed by atoms with E-state index in [0.29, 0.717) is 6.29 Å². The van der Waals surface area contributed by atoms with Crippen LogP contribution in [0.1, 0.15) is 33.1 Å². The van der Waals surface area contributed by atoms with E-state index in [0.717, 1.165) is 12.0 Å². The molecule has 0 aliphatic carbocycles. The van der Waals surface area contributed by atoms with Crippen molar-refractivity contribution in [1.29, 1.82) is 0 Å². The molecule has 0 saturated carbocycles. The Balaban J connectivity index is 5.14. The number of nitrogens with zero attached hydrogens (tertiary/aromatic N) is 1. The van der Waals surface area contributed by atoms with Crippen LogP contribution in [0.3, 0.4) is 0 Å². The van der Waals surface area contributed by atoms with Gasteiger partial charge in [0.15, 0.2) is 0 Å². The van der Waals surface area contributed by atoms with E-state index in [1.165, 1.54) is 0 Å². The van der Waals surface area contributed by atoms with Gasteiger partial charge in [0.05, 0.1) is 13.5 Å².